The standard InChI is InChI=1S/C16H25N/c1-7-17-15(12(2)3)13-10-8-9-11-14(13)16(4,5)6/h8-11,15,17H,2,7H2,1,3-6H3. The first kappa shape index (κ1) is 14.0. The molecule has 94 valence electrons. The van der Waals surface area contributed by atoms with Crippen LogP contribution in [0.2, 0.25) is 0 Å². The highest BCUT2D eigenvalue weighted by atomic mass is 14.9. The Morgan fingerprint density at radius 2 is 1.88 bits per heavy atom. The third-order valence-corrected chi connectivity index (χ3v) is 2.98. The molecule has 0 bridgehead atoms. The van der Waals surface area contributed by atoms with Crippen molar-refractivity contribution in [1.82, 2.24) is 5.32 Å². The summed E-state index contributed by atoms with van der Waals surface area (Å²) in [5, 5.41) is 3.51. The fourth-order valence-corrected chi connectivity index (χ4v) is 2.19. The highest BCUT2D eigenvalue weighted by Crippen LogP contribution is 2.31. The minimum atomic E-state index is 0.166. The topological polar surface area (TPSA) is 12.0 Å². The van der Waals surface area contributed by atoms with Crippen molar-refractivity contribution in [1.29, 1.82) is 0 Å². The lowest BCUT2D eigenvalue weighted by Gasteiger charge is -2.28. The van der Waals surface area contributed by atoms with Crippen LogP contribution in [0.5, 0.6) is 0 Å². The molecular formula is C16H25N. The molecule has 0 aliphatic heterocycles. The molecule has 1 N–H and O–H groups in total. The Bertz CT molecular complexity index is 385. The second-order valence-electron chi connectivity index (χ2n) is 5.67. The zero-order chi connectivity index (χ0) is 13.1. The monoisotopic (exact) mass is 231 g/mol. The SMILES string of the molecule is C=C(C)C(NCC)c1ccccc1C(C)(C)C. The third kappa shape index (κ3) is 3.44. The van der Waals surface area contributed by atoms with E-state index in [0.717, 1.165) is 6.54 Å². The van der Waals surface area contributed by atoms with E-state index in [9.17, 15) is 0 Å². The van der Waals surface area contributed by atoms with Crippen molar-refractivity contribution >= 4 is 0 Å². The average Bonchev–Trinajstić information content (AvgIpc) is 2.24. The summed E-state index contributed by atoms with van der Waals surface area (Å²) in [5.74, 6) is 0. The van der Waals surface area contributed by atoms with E-state index in [0.29, 0.717) is 0 Å². The number of hydrogen-bond acceptors (Lipinski definition) is 1. The molecule has 0 aromatic heterocycles. The van der Waals surface area contributed by atoms with Crippen molar-refractivity contribution in [2.45, 2.75) is 46.1 Å². The van der Waals surface area contributed by atoms with Crippen molar-refractivity contribution in [3.05, 3.63) is 47.5 Å². The molecule has 0 saturated heterocycles. The van der Waals surface area contributed by atoms with Gasteiger partial charge in [-0.15, -0.1) is 0 Å². The van der Waals surface area contributed by atoms with Crippen LogP contribution in [0, 0.1) is 0 Å². The average molecular weight is 231 g/mol. The molecule has 0 heterocycles. The third-order valence-electron chi connectivity index (χ3n) is 2.98. The summed E-state index contributed by atoms with van der Waals surface area (Å²) in [6.45, 7) is 16.1. The Morgan fingerprint density at radius 3 is 2.35 bits per heavy atom. The summed E-state index contributed by atoms with van der Waals surface area (Å²) >= 11 is 0. The van der Waals surface area contributed by atoms with Gasteiger partial charge in [0.25, 0.3) is 0 Å². The second-order valence-corrected chi connectivity index (χ2v) is 5.67. The van der Waals surface area contributed by atoms with Gasteiger partial charge in [-0.1, -0.05) is 64.1 Å². The van der Waals surface area contributed by atoms with E-state index >= 15 is 0 Å². The van der Waals surface area contributed by atoms with Crippen LogP contribution >= 0.6 is 0 Å². The van der Waals surface area contributed by atoms with Gasteiger partial charge in [-0.05, 0) is 30.0 Å². The molecular weight excluding hydrogens is 206 g/mol. The molecule has 1 aromatic carbocycles. The molecule has 0 fully saturated rings. The quantitative estimate of drug-likeness (QED) is 0.765. The first-order valence-corrected chi connectivity index (χ1v) is 6.36. The molecule has 1 heteroatoms. The lowest BCUT2D eigenvalue weighted by atomic mass is 9.81. The minimum Gasteiger partial charge on any atom is -0.307 e. The first-order chi connectivity index (χ1) is 7.88. The molecule has 1 atom stereocenters. The molecule has 0 aliphatic carbocycles. The molecule has 0 spiro atoms. The van der Waals surface area contributed by atoms with E-state index < -0.39 is 0 Å². The summed E-state index contributed by atoms with van der Waals surface area (Å²) in [5.41, 5.74) is 4.09. The highest BCUT2D eigenvalue weighted by molar-refractivity contribution is 5.38. The van der Waals surface area contributed by atoms with Gasteiger partial charge >= 0.3 is 0 Å². The van der Waals surface area contributed by atoms with E-state index in [1.165, 1.54) is 16.7 Å². The van der Waals surface area contributed by atoms with Gasteiger partial charge < -0.3 is 5.32 Å². The molecule has 1 nitrogen and oxygen atoms in total. The van der Waals surface area contributed by atoms with Gasteiger partial charge in [0, 0.05) is 0 Å². The second kappa shape index (κ2) is 5.50. The van der Waals surface area contributed by atoms with Crippen molar-refractivity contribution < 1.29 is 0 Å². The molecule has 0 aliphatic rings. The van der Waals surface area contributed by atoms with Crippen molar-refractivity contribution in [2.24, 2.45) is 0 Å². The maximum atomic E-state index is 4.11. The fourth-order valence-electron chi connectivity index (χ4n) is 2.19. The van der Waals surface area contributed by atoms with Crippen molar-refractivity contribution in [3.8, 4) is 0 Å². The van der Waals surface area contributed by atoms with E-state index in [-0.39, 0.29) is 11.5 Å². The van der Waals surface area contributed by atoms with Crippen LogP contribution < -0.4 is 5.32 Å². The van der Waals surface area contributed by atoms with Gasteiger partial charge in [0.05, 0.1) is 6.04 Å². The maximum Gasteiger partial charge on any atom is 0.0533 e. The Morgan fingerprint density at radius 1 is 1.29 bits per heavy atom. The van der Waals surface area contributed by atoms with Gasteiger partial charge in [0.15, 0.2) is 0 Å². The van der Waals surface area contributed by atoms with Gasteiger partial charge in [-0.3, -0.25) is 0 Å². The lowest BCUT2D eigenvalue weighted by Crippen LogP contribution is -2.25. The molecule has 1 aromatic rings. The zero-order valence-electron chi connectivity index (χ0n) is 11.8. The number of likely N-dealkylation sites (N-methyl/N-ethyl adjacent to an activating group) is 1. The molecule has 0 radical (unpaired) electrons. The molecule has 17 heavy (non-hydrogen) atoms. The molecule has 1 unspecified atom stereocenters. The van der Waals surface area contributed by atoms with Crippen LogP contribution in [-0.2, 0) is 5.41 Å². The summed E-state index contributed by atoms with van der Waals surface area (Å²) in [7, 11) is 0. The summed E-state index contributed by atoms with van der Waals surface area (Å²) < 4.78 is 0. The van der Waals surface area contributed by atoms with Crippen LogP contribution in [0.1, 0.15) is 51.8 Å². The Balaban J connectivity index is 3.23. The van der Waals surface area contributed by atoms with Gasteiger partial charge in [-0.2, -0.15) is 0 Å². The smallest absolute Gasteiger partial charge is 0.0533 e. The highest BCUT2D eigenvalue weighted by Gasteiger charge is 2.22. The molecule has 0 saturated carbocycles. The number of rotatable bonds is 4. The Hall–Kier alpha value is -1.08. The van der Waals surface area contributed by atoms with Crippen molar-refractivity contribution in [2.75, 3.05) is 6.54 Å². The molecule has 0 amide bonds. The number of hydrogen-bond donors (Lipinski definition) is 1. The predicted molar refractivity (Wildman–Crippen MR) is 76.4 cm³/mol. The van der Waals surface area contributed by atoms with E-state index in [1.807, 2.05) is 0 Å². The van der Waals surface area contributed by atoms with Crippen molar-refractivity contribution in [3.63, 3.8) is 0 Å². The lowest BCUT2D eigenvalue weighted by molar-refractivity contribution is 0.554. The maximum absolute atomic E-state index is 4.11. The van der Waals surface area contributed by atoms with Crippen LogP contribution in [0.25, 0.3) is 0 Å². The normalized spacial score (nSPS) is 13.5. The van der Waals surface area contributed by atoms with Crippen LogP contribution in [-0.4, -0.2) is 6.54 Å². The zero-order valence-corrected chi connectivity index (χ0v) is 11.8. The van der Waals surface area contributed by atoms with Crippen LogP contribution in [0.3, 0.4) is 0 Å². The summed E-state index contributed by atoms with van der Waals surface area (Å²) in [6.07, 6.45) is 0. The van der Waals surface area contributed by atoms with Crippen LogP contribution in [0.15, 0.2) is 36.4 Å². The first-order valence-electron chi connectivity index (χ1n) is 6.36. The summed E-state index contributed by atoms with van der Waals surface area (Å²) in [6, 6.07) is 8.92. The fraction of sp³-hybridized carbons (Fsp3) is 0.500. The van der Waals surface area contributed by atoms with Crippen LogP contribution in [0.4, 0.5) is 0 Å². The van der Waals surface area contributed by atoms with Gasteiger partial charge in [-0.25, -0.2) is 0 Å². The van der Waals surface area contributed by atoms with Gasteiger partial charge in [0.2, 0.25) is 0 Å². The number of benzene rings is 1. The van der Waals surface area contributed by atoms with Gasteiger partial charge in [0.1, 0.15) is 0 Å². The van der Waals surface area contributed by atoms with E-state index in [1.54, 1.807) is 0 Å². The summed E-state index contributed by atoms with van der Waals surface area (Å²) in [4.78, 5) is 0. The molecule has 1 rings (SSSR count). The minimum absolute atomic E-state index is 0.166. The predicted octanol–water partition coefficient (Wildman–Crippen LogP) is 4.21. The number of nitrogens with one attached hydrogen (secondary N) is 1. The largest absolute Gasteiger partial charge is 0.307 e. The Labute approximate surface area is 106 Å². The van der Waals surface area contributed by atoms with E-state index in [2.05, 4.69) is 70.8 Å². The Kier molecular flexibility index (Phi) is 4.53. The van der Waals surface area contributed by atoms with E-state index in [4.69, 9.17) is 0 Å².